The summed E-state index contributed by atoms with van der Waals surface area (Å²) >= 11 is 5.74. The second-order valence-electron chi connectivity index (χ2n) is 4.84. The van der Waals surface area contributed by atoms with Gasteiger partial charge < -0.3 is 9.47 Å². The van der Waals surface area contributed by atoms with E-state index < -0.39 is 5.82 Å². The lowest BCUT2D eigenvalue weighted by Crippen LogP contribution is -2.18. The number of hydrogen-bond acceptors (Lipinski definition) is 4. The quantitative estimate of drug-likeness (QED) is 0.815. The first-order valence-electron chi connectivity index (χ1n) is 6.75. The molecule has 0 bridgehead atoms. The Bertz CT molecular complexity index is 641. The predicted octanol–water partition coefficient (Wildman–Crippen LogP) is 3.45. The van der Waals surface area contributed by atoms with E-state index in [1.807, 2.05) is 0 Å². The smallest absolute Gasteiger partial charge is 0.225 e. The first-order chi connectivity index (χ1) is 10.2. The average Bonchev–Trinajstić information content (AvgIpc) is 2.96. The normalized spacial score (nSPS) is 18.7. The van der Waals surface area contributed by atoms with Crippen LogP contribution < -0.4 is 4.74 Å². The summed E-state index contributed by atoms with van der Waals surface area (Å²) in [6, 6.07) is 1.16. The van der Waals surface area contributed by atoms with Crippen molar-refractivity contribution in [3.63, 3.8) is 0 Å². The number of rotatable bonds is 3. The summed E-state index contributed by atoms with van der Waals surface area (Å²) in [6.07, 6.45) is 6.29. The molecule has 0 spiro atoms. The highest BCUT2D eigenvalue weighted by Crippen LogP contribution is 2.33. The third-order valence-electron chi connectivity index (χ3n) is 3.44. The number of ether oxygens (including phenoxy) is 2. The predicted molar refractivity (Wildman–Crippen MR) is 75.8 cm³/mol. The van der Waals surface area contributed by atoms with Crippen molar-refractivity contribution in [1.82, 2.24) is 14.8 Å². The Morgan fingerprint density at radius 2 is 2.33 bits per heavy atom. The van der Waals surface area contributed by atoms with E-state index in [4.69, 9.17) is 21.1 Å². The van der Waals surface area contributed by atoms with Gasteiger partial charge in [0.1, 0.15) is 17.2 Å². The zero-order valence-electron chi connectivity index (χ0n) is 11.6. The fourth-order valence-corrected chi connectivity index (χ4v) is 2.60. The second-order valence-corrected chi connectivity index (χ2v) is 5.23. The molecule has 0 amide bonds. The number of aromatic nitrogens is 3. The van der Waals surface area contributed by atoms with Crippen LogP contribution >= 0.6 is 11.6 Å². The third-order valence-corrected chi connectivity index (χ3v) is 3.63. The highest BCUT2D eigenvalue weighted by Gasteiger charge is 2.20. The van der Waals surface area contributed by atoms with E-state index in [9.17, 15) is 4.39 Å². The van der Waals surface area contributed by atoms with E-state index in [1.54, 1.807) is 17.1 Å². The summed E-state index contributed by atoms with van der Waals surface area (Å²) < 4.78 is 26.6. The Morgan fingerprint density at radius 1 is 1.48 bits per heavy atom. The highest BCUT2D eigenvalue weighted by atomic mass is 35.5. The summed E-state index contributed by atoms with van der Waals surface area (Å²) in [5.41, 5.74) is 0.839. The van der Waals surface area contributed by atoms with Gasteiger partial charge >= 0.3 is 0 Å². The largest absolute Gasteiger partial charge is 0.480 e. The Morgan fingerprint density at radius 3 is 3.05 bits per heavy atom. The summed E-state index contributed by atoms with van der Waals surface area (Å²) in [5, 5.41) is 4.32. The molecule has 1 unspecified atom stereocenters. The van der Waals surface area contributed by atoms with Gasteiger partial charge in [0.15, 0.2) is 0 Å². The monoisotopic (exact) mass is 311 g/mol. The van der Waals surface area contributed by atoms with E-state index in [-0.39, 0.29) is 22.8 Å². The van der Waals surface area contributed by atoms with Crippen molar-refractivity contribution in [3.8, 4) is 17.0 Å². The van der Waals surface area contributed by atoms with Crippen LogP contribution in [0.15, 0.2) is 18.5 Å². The van der Waals surface area contributed by atoms with Crippen LogP contribution in [0.3, 0.4) is 0 Å². The Hall–Kier alpha value is -1.66. The lowest BCUT2D eigenvalue weighted by Gasteiger charge is -2.22. The minimum Gasteiger partial charge on any atom is -0.480 e. The van der Waals surface area contributed by atoms with Gasteiger partial charge in [0.2, 0.25) is 5.88 Å². The van der Waals surface area contributed by atoms with E-state index in [0.717, 1.165) is 31.9 Å². The van der Waals surface area contributed by atoms with Gasteiger partial charge in [-0.1, -0.05) is 11.6 Å². The lowest BCUT2D eigenvalue weighted by molar-refractivity contribution is -0.0394. The van der Waals surface area contributed by atoms with Gasteiger partial charge in [-0.05, 0) is 19.3 Å². The molecule has 7 heteroatoms. The second kappa shape index (κ2) is 5.99. The topological polar surface area (TPSA) is 49.2 Å². The molecule has 0 aliphatic carbocycles. The van der Waals surface area contributed by atoms with E-state index >= 15 is 0 Å². The van der Waals surface area contributed by atoms with Crippen LogP contribution in [0.5, 0.6) is 5.88 Å². The summed E-state index contributed by atoms with van der Waals surface area (Å²) in [7, 11) is 1.43. The summed E-state index contributed by atoms with van der Waals surface area (Å²) in [5.74, 6) is -0.347. The van der Waals surface area contributed by atoms with Gasteiger partial charge in [-0.15, -0.1) is 0 Å². The fraction of sp³-hybridized carbons (Fsp3) is 0.429. The maximum absolute atomic E-state index is 14.2. The zero-order chi connectivity index (χ0) is 14.8. The summed E-state index contributed by atoms with van der Waals surface area (Å²) in [4.78, 5) is 3.99. The zero-order valence-corrected chi connectivity index (χ0v) is 12.3. The van der Waals surface area contributed by atoms with Crippen LogP contribution in [-0.4, -0.2) is 28.5 Å². The maximum Gasteiger partial charge on any atom is 0.225 e. The molecule has 0 saturated carbocycles. The fourth-order valence-electron chi connectivity index (χ4n) is 2.43. The molecule has 0 radical (unpaired) electrons. The Balaban J connectivity index is 1.96. The summed E-state index contributed by atoms with van der Waals surface area (Å²) in [6.45, 7) is 0.722. The van der Waals surface area contributed by atoms with Gasteiger partial charge in [0.25, 0.3) is 0 Å². The van der Waals surface area contributed by atoms with Crippen molar-refractivity contribution >= 4 is 11.6 Å². The van der Waals surface area contributed by atoms with Crippen molar-refractivity contribution < 1.29 is 13.9 Å². The maximum atomic E-state index is 14.2. The Labute approximate surface area is 126 Å². The Kier molecular flexibility index (Phi) is 4.07. The molecular weight excluding hydrogens is 297 g/mol. The van der Waals surface area contributed by atoms with E-state index in [0.29, 0.717) is 5.56 Å². The number of halogens is 2. The van der Waals surface area contributed by atoms with Gasteiger partial charge in [-0.3, -0.25) is 0 Å². The van der Waals surface area contributed by atoms with Crippen molar-refractivity contribution in [1.29, 1.82) is 0 Å². The standard InChI is InChI=1S/C14H15ClFN3O2/c1-20-14-13(10(16)6-11(15)18-14)9-7-17-19(8-9)12-4-2-3-5-21-12/h6-8,12H,2-5H2,1H3. The first kappa shape index (κ1) is 14.3. The minimum atomic E-state index is -0.490. The van der Waals surface area contributed by atoms with Crippen molar-refractivity contribution in [2.24, 2.45) is 0 Å². The minimum absolute atomic E-state index is 0.0519. The van der Waals surface area contributed by atoms with Crippen LogP contribution in [0.2, 0.25) is 5.15 Å². The number of methoxy groups -OCH3 is 1. The van der Waals surface area contributed by atoms with E-state index in [2.05, 4.69) is 10.1 Å². The van der Waals surface area contributed by atoms with Gasteiger partial charge in [0, 0.05) is 24.4 Å². The van der Waals surface area contributed by atoms with Crippen LogP contribution in [0.4, 0.5) is 4.39 Å². The number of pyridine rings is 1. The lowest BCUT2D eigenvalue weighted by atomic mass is 10.1. The first-order valence-corrected chi connectivity index (χ1v) is 7.13. The van der Waals surface area contributed by atoms with Gasteiger partial charge in [-0.2, -0.15) is 5.10 Å². The molecule has 1 fully saturated rings. The molecule has 3 rings (SSSR count). The molecule has 2 aromatic heterocycles. The molecule has 0 N–H and O–H groups in total. The van der Waals surface area contributed by atoms with Crippen LogP contribution in [-0.2, 0) is 4.74 Å². The molecule has 3 heterocycles. The molecule has 1 saturated heterocycles. The van der Waals surface area contributed by atoms with E-state index in [1.165, 1.54) is 7.11 Å². The molecule has 0 aromatic carbocycles. The molecule has 2 aromatic rings. The average molecular weight is 312 g/mol. The molecule has 1 aliphatic rings. The molecule has 1 atom stereocenters. The van der Waals surface area contributed by atoms with Gasteiger partial charge in [-0.25, -0.2) is 14.1 Å². The molecule has 112 valence electrons. The van der Waals surface area contributed by atoms with Gasteiger partial charge in [0.05, 0.1) is 18.9 Å². The van der Waals surface area contributed by atoms with Crippen molar-refractivity contribution in [2.75, 3.05) is 13.7 Å². The van der Waals surface area contributed by atoms with Crippen LogP contribution in [0.25, 0.3) is 11.1 Å². The molecule has 1 aliphatic heterocycles. The molecule has 21 heavy (non-hydrogen) atoms. The van der Waals surface area contributed by atoms with Crippen molar-refractivity contribution in [3.05, 3.63) is 29.4 Å². The van der Waals surface area contributed by atoms with Crippen molar-refractivity contribution in [2.45, 2.75) is 25.5 Å². The van der Waals surface area contributed by atoms with Crippen LogP contribution in [0, 0.1) is 5.82 Å². The SMILES string of the molecule is COc1nc(Cl)cc(F)c1-c1cnn(C2CCCCO2)c1. The third kappa shape index (κ3) is 2.87. The number of nitrogens with zero attached hydrogens (tertiary/aromatic N) is 3. The molecular formula is C14H15ClFN3O2. The highest BCUT2D eigenvalue weighted by molar-refractivity contribution is 6.29. The number of hydrogen-bond donors (Lipinski definition) is 0. The molecule has 5 nitrogen and oxygen atoms in total. The van der Waals surface area contributed by atoms with Crippen LogP contribution in [0.1, 0.15) is 25.5 Å².